The number of hydrogen-bond donors (Lipinski definition) is 1. The van der Waals surface area contributed by atoms with Crippen LogP contribution < -0.4 is 10.2 Å². The van der Waals surface area contributed by atoms with Crippen LogP contribution in [0.1, 0.15) is 44.2 Å². The largest absolute Gasteiger partial charge is 0.376 e. The molecule has 166 valence electrons. The minimum atomic E-state index is -0.321. The zero-order chi connectivity index (χ0) is 22.2. The van der Waals surface area contributed by atoms with Crippen molar-refractivity contribution in [1.82, 2.24) is 5.32 Å². The van der Waals surface area contributed by atoms with Gasteiger partial charge in [0.25, 0.3) is 0 Å². The SMILES string of the molecule is CC(C)CC(=O)N(Cc1cccc(F)c1)c1ccc(CC(=O)NC[C@@H]2CCCO2)cc1. The molecular formula is C25H31FN2O3. The molecular weight excluding hydrogens is 395 g/mol. The normalized spacial score (nSPS) is 15.8. The van der Waals surface area contributed by atoms with Crippen LogP contribution in [0.3, 0.4) is 0 Å². The number of hydrogen-bond acceptors (Lipinski definition) is 3. The summed E-state index contributed by atoms with van der Waals surface area (Å²) in [4.78, 5) is 26.8. The molecule has 0 bridgehead atoms. The van der Waals surface area contributed by atoms with Crippen molar-refractivity contribution in [1.29, 1.82) is 0 Å². The van der Waals surface area contributed by atoms with Gasteiger partial charge in [-0.05, 0) is 54.2 Å². The molecule has 0 aliphatic carbocycles. The van der Waals surface area contributed by atoms with E-state index in [1.807, 2.05) is 44.2 Å². The highest BCUT2D eigenvalue weighted by atomic mass is 19.1. The van der Waals surface area contributed by atoms with Crippen LogP contribution in [0.5, 0.6) is 0 Å². The zero-order valence-electron chi connectivity index (χ0n) is 18.3. The lowest BCUT2D eigenvalue weighted by Gasteiger charge is -2.24. The van der Waals surface area contributed by atoms with Crippen LogP contribution in [0.15, 0.2) is 48.5 Å². The van der Waals surface area contributed by atoms with Crippen molar-refractivity contribution in [2.45, 2.75) is 52.2 Å². The highest BCUT2D eigenvalue weighted by molar-refractivity contribution is 5.93. The second-order valence-corrected chi connectivity index (χ2v) is 8.49. The molecule has 0 unspecified atom stereocenters. The molecule has 1 aliphatic rings. The molecule has 5 nitrogen and oxygen atoms in total. The second kappa shape index (κ2) is 11.0. The van der Waals surface area contributed by atoms with Crippen molar-refractivity contribution in [3.63, 3.8) is 0 Å². The number of amides is 2. The molecule has 0 aromatic heterocycles. The molecule has 2 aromatic rings. The number of nitrogens with zero attached hydrogens (tertiary/aromatic N) is 1. The molecule has 2 aromatic carbocycles. The van der Waals surface area contributed by atoms with E-state index >= 15 is 0 Å². The van der Waals surface area contributed by atoms with Gasteiger partial charge in [-0.2, -0.15) is 0 Å². The fraction of sp³-hybridized carbons (Fsp3) is 0.440. The zero-order valence-corrected chi connectivity index (χ0v) is 18.3. The number of ether oxygens (including phenoxy) is 1. The predicted molar refractivity (Wildman–Crippen MR) is 119 cm³/mol. The van der Waals surface area contributed by atoms with Gasteiger partial charge in [0.15, 0.2) is 0 Å². The average molecular weight is 427 g/mol. The fourth-order valence-electron chi connectivity index (χ4n) is 3.68. The lowest BCUT2D eigenvalue weighted by Crippen LogP contribution is -2.33. The van der Waals surface area contributed by atoms with E-state index in [-0.39, 0.29) is 36.1 Å². The van der Waals surface area contributed by atoms with E-state index in [1.165, 1.54) is 12.1 Å². The molecule has 3 rings (SSSR count). The standard InChI is InChI=1S/C25H31FN2O3/c1-18(2)13-25(30)28(17-20-5-3-6-21(26)14-20)22-10-8-19(9-11-22)15-24(29)27-16-23-7-4-12-31-23/h3,5-6,8-11,14,18,23H,4,7,12-13,15-17H2,1-2H3,(H,27,29)/t23-/m0/s1. The molecule has 1 heterocycles. The number of rotatable bonds is 9. The summed E-state index contributed by atoms with van der Waals surface area (Å²) in [5.74, 6) is -0.162. The van der Waals surface area contributed by atoms with Crippen LogP contribution >= 0.6 is 0 Å². The van der Waals surface area contributed by atoms with Crippen molar-refractivity contribution in [2.24, 2.45) is 5.92 Å². The number of benzene rings is 2. The molecule has 1 aliphatic heterocycles. The summed E-state index contributed by atoms with van der Waals surface area (Å²) in [7, 11) is 0. The number of carbonyl (C=O) groups excluding carboxylic acids is 2. The van der Waals surface area contributed by atoms with E-state index in [4.69, 9.17) is 4.74 Å². The summed E-state index contributed by atoms with van der Waals surface area (Å²) in [5, 5.41) is 2.92. The molecule has 0 spiro atoms. The number of nitrogens with one attached hydrogen (secondary N) is 1. The van der Waals surface area contributed by atoms with E-state index in [9.17, 15) is 14.0 Å². The Labute approximate surface area is 183 Å². The summed E-state index contributed by atoms with van der Waals surface area (Å²) in [6.07, 6.45) is 2.83. The Morgan fingerprint density at radius 1 is 1.16 bits per heavy atom. The molecule has 1 N–H and O–H groups in total. The maximum absolute atomic E-state index is 13.6. The quantitative estimate of drug-likeness (QED) is 0.652. The Hall–Kier alpha value is -2.73. The van der Waals surface area contributed by atoms with E-state index in [2.05, 4.69) is 5.32 Å². The Balaban J connectivity index is 1.65. The Bertz CT molecular complexity index is 877. The van der Waals surface area contributed by atoms with Gasteiger partial charge in [-0.1, -0.05) is 38.1 Å². The first-order valence-electron chi connectivity index (χ1n) is 10.9. The molecule has 2 amide bonds. The lowest BCUT2D eigenvalue weighted by atomic mass is 10.1. The first-order chi connectivity index (χ1) is 14.9. The number of halogens is 1. The maximum atomic E-state index is 13.6. The smallest absolute Gasteiger partial charge is 0.227 e. The van der Waals surface area contributed by atoms with Gasteiger partial charge in [-0.3, -0.25) is 9.59 Å². The van der Waals surface area contributed by atoms with E-state index in [1.54, 1.807) is 11.0 Å². The molecule has 6 heteroatoms. The van der Waals surface area contributed by atoms with Gasteiger partial charge in [-0.15, -0.1) is 0 Å². The second-order valence-electron chi connectivity index (χ2n) is 8.49. The van der Waals surface area contributed by atoms with Gasteiger partial charge in [0.1, 0.15) is 5.82 Å². The highest BCUT2D eigenvalue weighted by Crippen LogP contribution is 2.21. The van der Waals surface area contributed by atoms with Gasteiger partial charge >= 0.3 is 0 Å². The molecule has 0 saturated carbocycles. The van der Waals surface area contributed by atoms with Crippen LogP contribution in [0, 0.1) is 11.7 Å². The van der Waals surface area contributed by atoms with Crippen molar-refractivity contribution >= 4 is 17.5 Å². The molecule has 31 heavy (non-hydrogen) atoms. The van der Waals surface area contributed by atoms with E-state index in [0.717, 1.165) is 36.3 Å². The molecule has 1 saturated heterocycles. The van der Waals surface area contributed by atoms with Gasteiger partial charge in [0.05, 0.1) is 19.1 Å². The number of carbonyl (C=O) groups is 2. The van der Waals surface area contributed by atoms with Crippen molar-refractivity contribution in [3.05, 3.63) is 65.5 Å². The minimum Gasteiger partial charge on any atom is -0.376 e. The predicted octanol–water partition coefficient (Wildman–Crippen LogP) is 4.24. The maximum Gasteiger partial charge on any atom is 0.227 e. The first kappa shape index (κ1) is 22.9. The van der Waals surface area contributed by atoms with Gasteiger partial charge in [0, 0.05) is 25.3 Å². The van der Waals surface area contributed by atoms with E-state index < -0.39 is 0 Å². The molecule has 1 atom stereocenters. The third-order valence-corrected chi connectivity index (χ3v) is 5.28. The monoisotopic (exact) mass is 426 g/mol. The Morgan fingerprint density at radius 3 is 2.58 bits per heavy atom. The molecule has 0 radical (unpaired) electrons. The summed E-state index contributed by atoms with van der Waals surface area (Å²) in [6, 6.07) is 13.7. The Kier molecular flexibility index (Phi) is 8.18. The van der Waals surface area contributed by atoms with Crippen molar-refractivity contribution < 1.29 is 18.7 Å². The van der Waals surface area contributed by atoms with Crippen molar-refractivity contribution in [2.75, 3.05) is 18.1 Å². The summed E-state index contributed by atoms with van der Waals surface area (Å²) >= 11 is 0. The topological polar surface area (TPSA) is 58.6 Å². The van der Waals surface area contributed by atoms with Crippen LogP contribution in [-0.4, -0.2) is 31.1 Å². The Morgan fingerprint density at radius 2 is 1.94 bits per heavy atom. The highest BCUT2D eigenvalue weighted by Gasteiger charge is 2.19. The van der Waals surface area contributed by atoms with Gasteiger partial charge in [-0.25, -0.2) is 4.39 Å². The average Bonchev–Trinajstić information content (AvgIpc) is 3.24. The van der Waals surface area contributed by atoms with Crippen LogP contribution in [0.2, 0.25) is 0 Å². The fourth-order valence-corrected chi connectivity index (χ4v) is 3.68. The van der Waals surface area contributed by atoms with Crippen LogP contribution in [0.4, 0.5) is 10.1 Å². The molecule has 1 fully saturated rings. The van der Waals surface area contributed by atoms with Crippen molar-refractivity contribution in [3.8, 4) is 0 Å². The third-order valence-electron chi connectivity index (χ3n) is 5.28. The van der Waals surface area contributed by atoms with E-state index in [0.29, 0.717) is 19.5 Å². The van der Waals surface area contributed by atoms with Gasteiger partial charge in [0.2, 0.25) is 11.8 Å². The van der Waals surface area contributed by atoms with Crippen LogP contribution in [0.25, 0.3) is 0 Å². The van der Waals surface area contributed by atoms with Gasteiger partial charge < -0.3 is 15.0 Å². The summed E-state index contributed by atoms with van der Waals surface area (Å²) in [5.41, 5.74) is 2.34. The summed E-state index contributed by atoms with van der Waals surface area (Å²) < 4.78 is 19.1. The number of anilines is 1. The first-order valence-corrected chi connectivity index (χ1v) is 10.9. The minimum absolute atomic E-state index is 0.0127. The third kappa shape index (κ3) is 7.17. The van der Waals surface area contributed by atoms with Crippen LogP contribution in [-0.2, 0) is 27.3 Å². The summed E-state index contributed by atoms with van der Waals surface area (Å²) in [6.45, 7) is 5.60. The lowest BCUT2D eigenvalue weighted by molar-refractivity contribution is -0.121.